The number of ether oxygens (including phenoxy) is 1. The van der Waals surface area contributed by atoms with E-state index in [1.54, 1.807) is 16.1 Å². The first-order chi connectivity index (χ1) is 16.1. The second kappa shape index (κ2) is 9.31. The molecule has 172 valence electrons. The van der Waals surface area contributed by atoms with Gasteiger partial charge in [-0.05, 0) is 53.6 Å². The molecule has 0 spiro atoms. The number of aromatic nitrogens is 1. The molecule has 3 aliphatic heterocycles. The van der Waals surface area contributed by atoms with E-state index >= 15 is 0 Å². The Bertz CT molecular complexity index is 1040. The van der Waals surface area contributed by atoms with E-state index in [2.05, 4.69) is 10.3 Å². The van der Waals surface area contributed by atoms with Gasteiger partial charge in [-0.1, -0.05) is 19.1 Å². The summed E-state index contributed by atoms with van der Waals surface area (Å²) in [6.07, 6.45) is 5.98. The Morgan fingerprint density at radius 2 is 1.88 bits per heavy atom. The number of fused-ring (bicyclic) bond motifs is 1. The summed E-state index contributed by atoms with van der Waals surface area (Å²) in [5, 5.41) is 9.38. The van der Waals surface area contributed by atoms with Gasteiger partial charge < -0.3 is 15.0 Å². The number of hydrogen-bond donors (Lipinski definition) is 1. The number of hydrazone groups is 1. The van der Waals surface area contributed by atoms with E-state index in [1.807, 2.05) is 43.5 Å². The largest absolute Gasteiger partial charge is 0.381 e. The normalized spacial score (nSPS) is 21.1. The molecule has 3 amide bonds. The molecule has 5 rings (SSSR count). The van der Waals surface area contributed by atoms with Gasteiger partial charge in [0.05, 0.1) is 5.71 Å². The monoisotopic (exact) mass is 447 g/mol. The summed E-state index contributed by atoms with van der Waals surface area (Å²) >= 11 is 0. The van der Waals surface area contributed by atoms with E-state index in [4.69, 9.17) is 9.84 Å². The van der Waals surface area contributed by atoms with Crippen molar-refractivity contribution in [1.29, 1.82) is 0 Å². The first-order valence-electron chi connectivity index (χ1n) is 11.6. The highest BCUT2D eigenvalue weighted by molar-refractivity contribution is 6.06. The fourth-order valence-corrected chi connectivity index (χ4v) is 4.70. The quantitative estimate of drug-likeness (QED) is 0.775. The fraction of sp³-hybridized carbons (Fsp3) is 0.440. The molecule has 1 atom stereocenters. The van der Waals surface area contributed by atoms with Crippen LogP contribution in [0.2, 0.25) is 0 Å². The molecular weight excluding hydrogens is 418 g/mol. The van der Waals surface area contributed by atoms with E-state index in [9.17, 15) is 9.59 Å². The zero-order chi connectivity index (χ0) is 22.8. The number of nitrogens with zero attached hydrogens (tertiary/aromatic N) is 4. The van der Waals surface area contributed by atoms with Crippen LogP contribution < -0.4 is 5.32 Å². The lowest BCUT2D eigenvalue weighted by atomic mass is 9.93. The molecule has 1 unspecified atom stereocenters. The third-order valence-corrected chi connectivity index (χ3v) is 6.68. The molecule has 3 aliphatic rings. The number of benzene rings is 1. The minimum Gasteiger partial charge on any atom is -0.381 e. The molecule has 1 fully saturated rings. The van der Waals surface area contributed by atoms with E-state index in [0.29, 0.717) is 32.0 Å². The Kier molecular flexibility index (Phi) is 6.09. The van der Waals surface area contributed by atoms with Crippen LogP contribution in [0.5, 0.6) is 0 Å². The number of rotatable bonds is 4. The smallest absolute Gasteiger partial charge is 0.322 e. The summed E-state index contributed by atoms with van der Waals surface area (Å²) in [6.45, 7) is 5.37. The maximum atomic E-state index is 12.7. The van der Waals surface area contributed by atoms with Crippen molar-refractivity contribution in [2.75, 3.05) is 25.1 Å². The van der Waals surface area contributed by atoms with E-state index in [-0.39, 0.29) is 17.9 Å². The first kappa shape index (κ1) is 21.6. The fourth-order valence-electron chi connectivity index (χ4n) is 4.70. The molecule has 33 heavy (non-hydrogen) atoms. The molecule has 1 saturated heterocycles. The summed E-state index contributed by atoms with van der Waals surface area (Å²) in [5.74, 6) is 0.579. The highest BCUT2D eigenvalue weighted by Gasteiger charge is 2.29. The summed E-state index contributed by atoms with van der Waals surface area (Å²) in [4.78, 5) is 31.2. The Labute approximate surface area is 193 Å². The van der Waals surface area contributed by atoms with Gasteiger partial charge in [-0.2, -0.15) is 5.10 Å². The summed E-state index contributed by atoms with van der Waals surface area (Å²) < 4.78 is 5.44. The Balaban J connectivity index is 1.24. The molecule has 1 aromatic heterocycles. The van der Waals surface area contributed by atoms with Crippen molar-refractivity contribution in [2.24, 2.45) is 16.9 Å². The number of anilines is 1. The highest BCUT2D eigenvalue weighted by atomic mass is 16.5. The molecule has 8 nitrogen and oxygen atoms in total. The SMILES string of the molecule is CC1CC(=O)N(CC2CCOCC2)N=C1c1ccc(NC(=O)N2Cc3ccncc3C2)cc1. The van der Waals surface area contributed by atoms with Crippen molar-refractivity contribution in [3.8, 4) is 0 Å². The topological polar surface area (TPSA) is 87.1 Å². The van der Waals surface area contributed by atoms with Crippen LogP contribution in [-0.4, -0.2) is 52.3 Å². The van der Waals surface area contributed by atoms with Gasteiger partial charge in [0.1, 0.15) is 0 Å². The number of hydrogen-bond acceptors (Lipinski definition) is 5. The average molecular weight is 448 g/mol. The molecule has 0 radical (unpaired) electrons. The lowest BCUT2D eigenvalue weighted by molar-refractivity contribution is -0.133. The van der Waals surface area contributed by atoms with Crippen LogP contribution >= 0.6 is 0 Å². The maximum Gasteiger partial charge on any atom is 0.322 e. The summed E-state index contributed by atoms with van der Waals surface area (Å²) in [6, 6.07) is 9.56. The molecule has 0 saturated carbocycles. The van der Waals surface area contributed by atoms with Gasteiger partial charge in [0, 0.05) is 63.3 Å². The van der Waals surface area contributed by atoms with Gasteiger partial charge in [0.2, 0.25) is 5.91 Å². The zero-order valence-electron chi connectivity index (χ0n) is 18.9. The molecular formula is C25H29N5O3. The number of urea groups is 1. The standard InChI is InChI=1S/C25H29N5O3/c1-17-12-23(31)30(14-18-7-10-33-11-8-18)28-24(17)19-2-4-22(5-3-19)27-25(32)29-15-20-6-9-26-13-21(20)16-29/h2-6,9,13,17-18H,7-8,10-12,14-16H2,1H3,(H,27,32). The van der Waals surface area contributed by atoms with Crippen molar-refractivity contribution in [3.63, 3.8) is 0 Å². The van der Waals surface area contributed by atoms with E-state index in [1.165, 1.54) is 0 Å². The van der Waals surface area contributed by atoms with Gasteiger partial charge >= 0.3 is 6.03 Å². The first-order valence-corrected chi connectivity index (χ1v) is 11.6. The molecule has 8 heteroatoms. The molecule has 1 aromatic carbocycles. The van der Waals surface area contributed by atoms with E-state index in [0.717, 1.165) is 54.1 Å². The van der Waals surface area contributed by atoms with Crippen molar-refractivity contribution in [1.82, 2.24) is 14.9 Å². The number of amides is 3. The highest BCUT2D eigenvalue weighted by Crippen LogP contribution is 2.26. The molecule has 0 aliphatic carbocycles. The van der Waals surface area contributed by atoms with Crippen molar-refractivity contribution in [2.45, 2.75) is 39.3 Å². The van der Waals surface area contributed by atoms with Crippen LogP contribution in [0, 0.1) is 11.8 Å². The minimum atomic E-state index is -0.129. The lowest BCUT2D eigenvalue weighted by Crippen LogP contribution is -2.40. The Hall–Kier alpha value is -3.26. The maximum absolute atomic E-state index is 12.7. The molecule has 4 heterocycles. The predicted molar refractivity (Wildman–Crippen MR) is 125 cm³/mol. The molecule has 1 N–H and O–H groups in total. The second-order valence-electron chi connectivity index (χ2n) is 9.13. The summed E-state index contributed by atoms with van der Waals surface area (Å²) in [7, 11) is 0. The third kappa shape index (κ3) is 4.75. The number of pyridine rings is 1. The van der Waals surface area contributed by atoms with Crippen molar-refractivity contribution in [3.05, 3.63) is 59.4 Å². The van der Waals surface area contributed by atoms with Gasteiger partial charge in [-0.15, -0.1) is 0 Å². The van der Waals surface area contributed by atoms with Crippen LogP contribution in [0.4, 0.5) is 10.5 Å². The number of carbonyl (C=O) groups excluding carboxylic acids is 2. The Morgan fingerprint density at radius 1 is 1.12 bits per heavy atom. The van der Waals surface area contributed by atoms with Crippen LogP contribution in [0.3, 0.4) is 0 Å². The van der Waals surface area contributed by atoms with Crippen LogP contribution in [0.25, 0.3) is 0 Å². The van der Waals surface area contributed by atoms with Crippen molar-refractivity contribution >= 4 is 23.3 Å². The van der Waals surface area contributed by atoms with Gasteiger partial charge in [-0.25, -0.2) is 9.80 Å². The van der Waals surface area contributed by atoms with Gasteiger partial charge in [-0.3, -0.25) is 9.78 Å². The van der Waals surface area contributed by atoms with Crippen LogP contribution in [0.15, 0.2) is 47.8 Å². The van der Waals surface area contributed by atoms with Crippen molar-refractivity contribution < 1.29 is 14.3 Å². The van der Waals surface area contributed by atoms with Crippen LogP contribution in [0.1, 0.15) is 42.9 Å². The molecule has 0 bridgehead atoms. The van der Waals surface area contributed by atoms with Gasteiger partial charge in [0.25, 0.3) is 0 Å². The van der Waals surface area contributed by atoms with E-state index < -0.39 is 0 Å². The Morgan fingerprint density at radius 3 is 2.64 bits per heavy atom. The average Bonchev–Trinajstić information content (AvgIpc) is 3.27. The summed E-state index contributed by atoms with van der Waals surface area (Å²) in [5.41, 5.74) is 4.86. The number of carbonyl (C=O) groups is 2. The molecule has 2 aromatic rings. The lowest BCUT2D eigenvalue weighted by Gasteiger charge is -2.31. The van der Waals surface area contributed by atoms with Crippen LogP contribution in [-0.2, 0) is 22.6 Å². The van der Waals surface area contributed by atoms with Gasteiger partial charge in [0.15, 0.2) is 0 Å². The third-order valence-electron chi connectivity index (χ3n) is 6.68. The minimum absolute atomic E-state index is 0.0561. The second-order valence-corrected chi connectivity index (χ2v) is 9.13. The predicted octanol–water partition coefficient (Wildman–Crippen LogP) is 3.63. The number of nitrogens with one attached hydrogen (secondary N) is 1. The zero-order valence-corrected chi connectivity index (χ0v) is 18.9.